The van der Waals surface area contributed by atoms with Gasteiger partial charge in [0.1, 0.15) is 0 Å². The molecule has 0 rings (SSSR count). The van der Waals surface area contributed by atoms with Crippen LogP contribution in [0.3, 0.4) is 0 Å². The Morgan fingerprint density at radius 3 is 0.529 bits per heavy atom. The zero-order valence-corrected chi connectivity index (χ0v) is 55.2. The van der Waals surface area contributed by atoms with E-state index in [9.17, 15) is 36.5 Å². The van der Waals surface area contributed by atoms with Gasteiger partial charge in [0.2, 0.25) is 0 Å². The molecule has 40 heteroatoms. The zero-order chi connectivity index (χ0) is 51.3. The normalized spacial score (nSPS) is 17.0. The van der Waals surface area contributed by atoms with Crippen molar-refractivity contribution in [2.24, 2.45) is 0 Å². The molecule has 0 heterocycles. The third kappa shape index (κ3) is 48.2. The van der Waals surface area contributed by atoms with Crippen LogP contribution in [0.5, 0.6) is 0 Å². The Morgan fingerprint density at radius 1 is 0.294 bits per heavy atom. The summed E-state index contributed by atoms with van der Waals surface area (Å²) in [5, 5.41) is 35.7. The maximum absolute atomic E-state index is 11.2. The van der Waals surface area contributed by atoms with Crippen molar-refractivity contribution in [1.82, 2.24) is 0 Å². The first-order valence-electron chi connectivity index (χ1n) is 19.7. The van der Waals surface area contributed by atoms with E-state index in [0.29, 0.717) is 25.7 Å². The Labute approximate surface area is 492 Å². The van der Waals surface area contributed by atoms with Crippen molar-refractivity contribution >= 4 is 60.8 Å². The van der Waals surface area contributed by atoms with Crippen molar-refractivity contribution in [1.29, 1.82) is 0 Å². The first-order chi connectivity index (χ1) is 28.9. The van der Waals surface area contributed by atoms with Crippen LogP contribution in [0.2, 0.25) is 0 Å². The van der Waals surface area contributed by atoms with Crippen molar-refractivity contribution in [3.05, 3.63) is 0 Å². The Kier molecular flexibility index (Phi) is 60.4. The SMILES string of the molecule is CCCCCCOP(=O)(O)C(O)P(=O)(O)O.CCCCCCOP(=O)(O)C(O)P(=O)(O)O.CCCCCCOP(=O)(O)C(O)P(=O)(O)O.CCCCCCOP(=O)(O)C(O)P(=O)(O)O.[H-].[H-].[H-].[H-].[Na+].[Na+].[Na+].[Na+]. The molecule has 0 saturated heterocycles. The van der Waals surface area contributed by atoms with Gasteiger partial charge in [-0.15, -0.1) is 0 Å². The van der Waals surface area contributed by atoms with Gasteiger partial charge < -0.3 is 103 Å². The Bertz CT molecular complexity index is 1420. The van der Waals surface area contributed by atoms with Crippen molar-refractivity contribution < 1.29 is 258 Å². The number of hydrogen-bond donors (Lipinski definition) is 16. The summed E-state index contributed by atoms with van der Waals surface area (Å²) in [7, 11) is -38.7. The van der Waals surface area contributed by atoms with E-state index in [1.807, 2.05) is 27.7 Å². The summed E-state index contributed by atoms with van der Waals surface area (Å²) in [5.74, 6) is 0. The van der Waals surface area contributed by atoms with Crippen molar-refractivity contribution in [2.75, 3.05) is 26.4 Å². The van der Waals surface area contributed by atoms with Crippen LogP contribution in [0.15, 0.2) is 0 Å². The Balaban J connectivity index is -0.0000000643. The van der Waals surface area contributed by atoms with E-state index in [2.05, 4.69) is 18.1 Å². The summed E-state index contributed by atoms with van der Waals surface area (Å²) in [4.78, 5) is 104. The third-order valence-electron chi connectivity index (χ3n) is 7.47. The van der Waals surface area contributed by atoms with Gasteiger partial charge in [0.15, 0.2) is 0 Å². The van der Waals surface area contributed by atoms with Crippen molar-refractivity contribution in [3.8, 4) is 0 Å². The smallest absolute Gasteiger partial charge is 1.00 e. The van der Waals surface area contributed by atoms with Crippen LogP contribution < -0.4 is 118 Å². The molecule has 0 aliphatic carbocycles. The average molecular weight is 1200 g/mol. The second kappa shape index (κ2) is 45.9. The molecule has 0 aliphatic heterocycles. The van der Waals surface area contributed by atoms with Gasteiger partial charge in [-0.05, 0) is 25.7 Å². The molecule has 0 radical (unpaired) electrons. The molecule has 28 nitrogen and oxygen atoms in total. The Hall–Kier alpha value is 5.04. The van der Waals surface area contributed by atoms with E-state index in [-0.39, 0.29) is 150 Å². The molecule has 0 spiro atoms. The molecule has 68 heavy (non-hydrogen) atoms. The van der Waals surface area contributed by atoms with Crippen LogP contribution in [0.25, 0.3) is 0 Å². The summed E-state index contributed by atoms with van der Waals surface area (Å²) >= 11 is 0. The van der Waals surface area contributed by atoms with Crippen LogP contribution in [-0.4, -0.2) is 128 Å². The van der Waals surface area contributed by atoms with Crippen LogP contribution in [0, 0.1) is 0 Å². The summed E-state index contributed by atoms with van der Waals surface area (Å²) in [5.41, 5.74) is -10.6. The van der Waals surface area contributed by atoms with Gasteiger partial charge in [0, 0.05) is 0 Å². The number of aliphatic hydroxyl groups is 4. The summed E-state index contributed by atoms with van der Waals surface area (Å²) in [6.45, 7) is 7.56. The average Bonchev–Trinajstić information content (AvgIpc) is 3.15. The Morgan fingerprint density at radius 2 is 0.426 bits per heavy atom. The molecular weight excluding hydrogens is 1120 g/mol. The topological polar surface area (TPSA) is 497 Å². The molecule has 0 aromatic heterocycles. The predicted octanol–water partition coefficient (Wildman–Crippen LogP) is -6.64. The zero-order valence-electron chi connectivity index (χ0n) is 44.1. The molecular formula is C28H76Na4O28P8. The van der Waals surface area contributed by atoms with E-state index < -0.39 is 83.1 Å². The van der Waals surface area contributed by atoms with E-state index in [4.69, 9.17) is 79.1 Å². The predicted molar refractivity (Wildman–Crippen MR) is 236 cm³/mol. The number of hydrogen-bond acceptors (Lipinski definition) is 16. The standard InChI is InChI=1S/4C7H18O7P2.4Na.4H/c4*1-2-3-4-5-6-14-16(12,13)7(8)15(9,10)11;;;;;;;;/h4*7-8H,2-6H2,1H3,(H,12,13)(H2,9,10,11);;;;;;;;/q;;;;4*+1;4*-1. The minimum absolute atomic E-state index is 0. The molecule has 8 unspecified atom stereocenters. The van der Waals surface area contributed by atoms with E-state index in [1.54, 1.807) is 0 Å². The van der Waals surface area contributed by atoms with Crippen molar-refractivity contribution in [3.63, 3.8) is 0 Å². The molecule has 16 N–H and O–H groups in total. The van der Waals surface area contributed by atoms with Gasteiger partial charge in [-0.3, -0.25) is 36.5 Å². The summed E-state index contributed by atoms with van der Waals surface area (Å²) in [6.07, 6.45) is 12.9. The number of rotatable bonds is 32. The number of unbranched alkanes of at least 4 members (excludes halogenated alkanes) is 12. The molecule has 0 aromatic carbocycles. The van der Waals surface area contributed by atoms with Gasteiger partial charge in [0.05, 0.1) is 26.4 Å². The molecule has 8 atom stereocenters. The second-order valence-electron chi connectivity index (χ2n) is 13.6. The third-order valence-corrected chi connectivity index (χ3v) is 21.5. The van der Waals surface area contributed by atoms with Crippen LogP contribution >= 0.6 is 60.8 Å². The fraction of sp³-hybridized carbons (Fsp3) is 1.00. The quantitative estimate of drug-likeness (QED) is 0.0169. The molecule has 0 saturated carbocycles. The minimum Gasteiger partial charge on any atom is -1.00 e. The molecule has 0 aromatic rings. The van der Waals surface area contributed by atoms with Gasteiger partial charge in [-0.25, -0.2) is 0 Å². The molecule has 0 aliphatic rings. The van der Waals surface area contributed by atoms with Gasteiger partial charge in [0.25, 0.3) is 22.3 Å². The van der Waals surface area contributed by atoms with Crippen LogP contribution in [0.1, 0.15) is 136 Å². The maximum atomic E-state index is 11.2. The minimum atomic E-state index is -5.02. The fourth-order valence-electron chi connectivity index (χ4n) is 3.92. The summed E-state index contributed by atoms with van der Waals surface area (Å²) < 4.78 is 105. The second-order valence-corrected chi connectivity index (χ2v) is 29.4. The molecule has 400 valence electrons. The largest absolute Gasteiger partial charge is 1.00 e. The fourth-order valence-corrected chi connectivity index (χ4v) is 12.9. The van der Waals surface area contributed by atoms with Crippen molar-refractivity contribution in [2.45, 2.75) is 153 Å². The molecule has 0 amide bonds. The van der Waals surface area contributed by atoms with Gasteiger partial charge in [-0.2, -0.15) is 0 Å². The van der Waals surface area contributed by atoms with E-state index in [1.165, 1.54) is 0 Å². The maximum Gasteiger partial charge on any atom is 1.00 e. The van der Waals surface area contributed by atoms with Gasteiger partial charge >= 0.3 is 179 Å². The first-order valence-corrected chi connectivity index (χ1v) is 33.0. The molecule has 0 fully saturated rings. The van der Waals surface area contributed by atoms with Gasteiger partial charge in [-0.1, -0.05) is 105 Å². The first kappa shape index (κ1) is 89.6. The number of aliphatic hydroxyl groups excluding tert-OH is 4. The van der Waals surface area contributed by atoms with E-state index in [0.717, 1.165) is 77.0 Å². The summed E-state index contributed by atoms with van der Waals surface area (Å²) in [6, 6.07) is 0. The van der Waals surface area contributed by atoms with E-state index >= 15 is 0 Å². The van der Waals surface area contributed by atoms with Crippen LogP contribution in [0.4, 0.5) is 0 Å². The molecule has 0 bridgehead atoms. The monoisotopic (exact) mass is 1200 g/mol. The van der Waals surface area contributed by atoms with Crippen LogP contribution in [-0.2, 0) is 54.6 Å².